The van der Waals surface area contributed by atoms with Crippen LogP contribution in [0.4, 0.5) is 4.79 Å². The number of aromatic nitrogens is 4. The maximum atomic E-state index is 13.5. The molecule has 1 fully saturated rings. The summed E-state index contributed by atoms with van der Waals surface area (Å²) in [6, 6.07) is -0.399. The molecule has 0 bridgehead atoms. The average Bonchev–Trinajstić information content (AvgIpc) is 3.32. The molecule has 2 aromatic heterocycles. The standard InChI is InChI=1S/C23H32N6O4/c1-13-11-27(22(32)33-23(4,5)6)12-14(2)28(13)20(31)17-10-24-29(15(17)3)21-25-18-9-7-8-16(18)19(30)26-21/h10,13-14H,7-9,11-12H2,1-6H3,(H,25,26,30). The van der Waals surface area contributed by atoms with Crippen LogP contribution in [-0.4, -0.2) is 72.3 Å². The maximum absolute atomic E-state index is 13.5. The third-order valence-corrected chi connectivity index (χ3v) is 6.17. The first-order chi connectivity index (χ1) is 15.5. The Morgan fingerprint density at radius 1 is 1.15 bits per heavy atom. The molecule has 2 amide bonds. The van der Waals surface area contributed by atoms with Crippen molar-refractivity contribution in [2.24, 2.45) is 0 Å². The van der Waals surface area contributed by atoms with Crippen LogP contribution in [-0.2, 0) is 17.6 Å². The molecule has 10 nitrogen and oxygen atoms in total. The number of carbonyl (C=O) groups is 2. The van der Waals surface area contributed by atoms with E-state index in [4.69, 9.17) is 4.74 Å². The van der Waals surface area contributed by atoms with Gasteiger partial charge in [0.2, 0.25) is 5.95 Å². The van der Waals surface area contributed by atoms with Crippen molar-refractivity contribution >= 4 is 12.0 Å². The van der Waals surface area contributed by atoms with Gasteiger partial charge in [0.15, 0.2) is 0 Å². The molecule has 3 heterocycles. The molecule has 178 valence electrons. The van der Waals surface area contributed by atoms with Gasteiger partial charge < -0.3 is 14.5 Å². The summed E-state index contributed by atoms with van der Waals surface area (Å²) in [4.78, 5) is 49.2. The SMILES string of the molecule is Cc1c(C(=O)N2C(C)CN(C(=O)OC(C)(C)C)CC2C)cnn1-c1nc2c(c(=O)[nH]1)CCC2. The Bertz CT molecular complexity index is 1130. The molecule has 1 aliphatic heterocycles. The molecule has 33 heavy (non-hydrogen) atoms. The number of piperazine rings is 1. The van der Waals surface area contributed by atoms with Gasteiger partial charge in [0.1, 0.15) is 5.60 Å². The molecule has 0 spiro atoms. The van der Waals surface area contributed by atoms with Crippen LogP contribution < -0.4 is 5.56 Å². The fraction of sp³-hybridized carbons (Fsp3) is 0.609. The largest absolute Gasteiger partial charge is 0.444 e. The smallest absolute Gasteiger partial charge is 0.410 e. The number of rotatable bonds is 2. The number of aromatic amines is 1. The molecule has 0 radical (unpaired) electrons. The Labute approximate surface area is 192 Å². The van der Waals surface area contributed by atoms with Crippen molar-refractivity contribution in [3.05, 3.63) is 39.1 Å². The highest BCUT2D eigenvalue weighted by Crippen LogP contribution is 2.23. The highest BCUT2D eigenvalue weighted by molar-refractivity contribution is 5.95. The zero-order valence-corrected chi connectivity index (χ0v) is 20.1. The first-order valence-electron chi connectivity index (χ1n) is 11.4. The summed E-state index contributed by atoms with van der Waals surface area (Å²) in [6.07, 6.45) is 3.58. The monoisotopic (exact) mass is 456 g/mol. The minimum atomic E-state index is -0.575. The molecule has 2 aromatic rings. The molecule has 2 atom stereocenters. The van der Waals surface area contributed by atoms with Crippen molar-refractivity contribution in [3.8, 4) is 5.95 Å². The van der Waals surface area contributed by atoms with Gasteiger partial charge >= 0.3 is 6.09 Å². The fourth-order valence-electron chi connectivity index (χ4n) is 4.70. The van der Waals surface area contributed by atoms with Crippen molar-refractivity contribution in [3.63, 3.8) is 0 Å². The number of fused-ring (bicyclic) bond motifs is 1. The first-order valence-corrected chi connectivity index (χ1v) is 11.4. The summed E-state index contributed by atoms with van der Waals surface area (Å²) < 4.78 is 7.01. The number of ether oxygens (including phenoxy) is 1. The van der Waals surface area contributed by atoms with Gasteiger partial charge in [-0.05, 0) is 60.8 Å². The van der Waals surface area contributed by atoms with E-state index < -0.39 is 5.60 Å². The predicted molar refractivity (Wildman–Crippen MR) is 122 cm³/mol. The van der Waals surface area contributed by atoms with E-state index in [1.807, 2.05) is 34.6 Å². The molecule has 1 saturated heterocycles. The summed E-state index contributed by atoms with van der Waals surface area (Å²) >= 11 is 0. The van der Waals surface area contributed by atoms with Crippen LogP contribution in [0.15, 0.2) is 11.0 Å². The van der Waals surface area contributed by atoms with E-state index in [0.717, 1.165) is 30.5 Å². The number of hydrogen-bond acceptors (Lipinski definition) is 6. The molecule has 2 unspecified atom stereocenters. The predicted octanol–water partition coefficient (Wildman–Crippen LogP) is 2.22. The van der Waals surface area contributed by atoms with Crippen LogP contribution in [0.1, 0.15) is 68.3 Å². The number of aryl methyl sites for hydroxylation is 1. The lowest BCUT2D eigenvalue weighted by Gasteiger charge is -2.44. The van der Waals surface area contributed by atoms with E-state index >= 15 is 0 Å². The summed E-state index contributed by atoms with van der Waals surface area (Å²) in [7, 11) is 0. The Balaban J connectivity index is 1.55. The number of carbonyl (C=O) groups excluding carboxylic acids is 2. The number of nitrogens with zero attached hydrogens (tertiary/aromatic N) is 5. The second-order valence-corrected chi connectivity index (χ2v) is 10.0. The lowest BCUT2D eigenvalue weighted by Crippen LogP contribution is -2.60. The minimum absolute atomic E-state index is 0.143. The van der Waals surface area contributed by atoms with Crippen molar-refractivity contribution in [1.29, 1.82) is 0 Å². The van der Waals surface area contributed by atoms with Crippen LogP contribution in [0, 0.1) is 6.92 Å². The highest BCUT2D eigenvalue weighted by Gasteiger charge is 2.37. The van der Waals surface area contributed by atoms with E-state index in [1.54, 1.807) is 16.7 Å². The van der Waals surface area contributed by atoms with Gasteiger partial charge in [-0.2, -0.15) is 5.10 Å². The van der Waals surface area contributed by atoms with Gasteiger partial charge in [0.25, 0.3) is 11.5 Å². The second kappa shape index (κ2) is 8.31. The summed E-state index contributed by atoms with van der Waals surface area (Å²) in [5.74, 6) is 0.166. The Kier molecular flexibility index (Phi) is 5.79. The van der Waals surface area contributed by atoms with Crippen molar-refractivity contribution < 1.29 is 14.3 Å². The molecule has 10 heteroatoms. The van der Waals surface area contributed by atoms with Gasteiger partial charge in [-0.3, -0.25) is 14.6 Å². The average molecular weight is 457 g/mol. The third kappa shape index (κ3) is 4.38. The van der Waals surface area contributed by atoms with Crippen LogP contribution in [0.3, 0.4) is 0 Å². The van der Waals surface area contributed by atoms with E-state index in [2.05, 4.69) is 15.1 Å². The number of H-pyrrole nitrogens is 1. The fourth-order valence-corrected chi connectivity index (χ4v) is 4.70. The van der Waals surface area contributed by atoms with Crippen molar-refractivity contribution in [2.75, 3.05) is 13.1 Å². The maximum Gasteiger partial charge on any atom is 0.410 e. The van der Waals surface area contributed by atoms with Crippen LogP contribution >= 0.6 is 0 Å². The molecular formula is C23H32N6O4. The topological polar surface area (TPSA) is 113 Å². The molecular weight excluding hydrogens is 424 g/mol. The molecule has 0 aromatic carbocycles. The molecule has 1 N–H and O–H groups in total. The Hall–Kier alpha value is -3.17. The lowest BCUT2D eigenvalue weighted by atomic mass is 10.1. The summed E-state index contributed by atoms with van der Waals surface area (Å²) in [5, 5.41) is 4.35. The summed E-state index contributed by atoms with van der Waals surface area (Å²) in [6.45, 7) is 11.9. The zero-order chi connectivity index (χ0) is 24.1. The molecule has 4 rings (SSSR count). The van der Waals surface area contributed by atoms with E-state index in [9.17, 15) is 14.4 Å². The lowest BCUT2D eigenvalue weighted by molar-refractivity contribution is -0.00490. The van der Waals surface area contributed by atoms with Crippen LogP contribution in [0.5, 0.6) is 0 Å². The van der Waals surface area contributed by atoms with Gasteiger partial charge in [-0.1, -0.05) is 0 Å². The Morgan fingerprint density at radius 3 is 2.45 bits per heavy atom. The Morgan fingerprint density at radius 2 is 1.82 bits per heavy atom. The van der Waals surface area contributed by atoms with Gasteiger partial charge in [-0.25, -0.2) is 14.5 Å². The van der Waals surface area contributed by atoms with Crippen molar-refractivity contribution in [1.82, 2.24) is 29.5 Å². The second-order valence-electron chi connectivity index (χ2n) is 10.0. The molecule has 2 aliphatic rings. The van der Waals surface area contributed by atoms with E-state index in [-0.39, 0.29) is 29.6 Å². The molecule has 0 saturated carbocycles. The minimum Gasteiger partial charge on any atom is -0.444 e. The number of nitrogens with one attached hydrogen (secondary N) is 1. The van der Waals surface area contributed by atoms with Crippen molar-refractivity contribution in [2.45, 2.75) is 78.5 Å². The van der Waals surface area contributed by atoms with Crippen LogP contribution in [0.25, 0.3) is 5.95 Å². The quantitative estimate of drug-likeness (QED) is 0.741. The number of amides is 2. The van der Waals surface area contributed by atoms with Crippen LogP contribution in [0.2, 0.25) is 0 Å². The van der Waals surface area contributed by atoms with Gasteiger partial charge in [0.05, 0.1) is 23.1 Å². The first kappa shape index (κ1) is 23.0. The van der Waals surface area contributed by atoms with Gasteiger partial charge in [-0.15, -0.1) is 0 Å². The highest BCUT2D eigenvalue weighted by atomic mass is 16.6. The van der Waals surface area contributed by atoms with E-state index in [0.29, 0.717) is 30.3 Å². The molecule has 1 aliphatic carbocycles. The summed E-state index contributed by atoms with van der Waals surface area (Å²) in [5.41, 5.74) is 1.88. The van der Waals surface area contributed by atoms with Gasteiger partial charge in [0, 0.05) is 30.7 Å². The normalized spacial score (nSPS) is 20.7. The zero-order valence-electron chi connectivity index (χ0n) is 20.1. The third-order valence-electron chi connectivity index (χ3n) is 6.17. The number of hydrogen-bond donors (Lipinski definition) is 1. The van der Waals surface area contributed by atoms with E-state index in [1.165, 1.54) is 10.9 Å².